The van der Waals surface area contributed by atoms with Crippen LogP contribution in [0.1, 0.15) is 17.0 Å². The Kier molecular flexibility index (Phi) is 7.76. The number of morpholine rings is 1. The van der Waals surface area contributed by atoms with E-state index in [-0.39, 0.29) is 11.2 Å². The minimum Gasteiger partial charge on any atom is -0.503 e. The van der Waals surface area contributed by atoms with Gasteiger partial charge in [-0.2, -0.15) is 0 Å². The third-order valence-corrected chi connectivity index (χ3v) is 6.44. The van der Waals surface area contributed by atoms with Crippen LogP contribution in [0.2, 0.25) is 0 Å². The molecule has 2 aromatic rings. The minimum absolute atomic E-state index is 0.119. The van der Waals surface area contributed by atoms with Crippen molar-refractivity contribution < 1.29 is 9.84 Å². The van der Waals surface area contributed by atoms with Crippen molar-refractivity contribution in [3.8, 4) is 5.75 Å². The van der Waals surface area contributed by atoms with Gasteiger partial charge in [0.25, 0.3) is 0 Å². The molecule has 0 atom stereocenters. The Morgan fingerprint density at radius 3 is 2.31 bits per heavy atom. The summed E-state index contributed by atoms with van der Waals surface area (Å²) in [4.78, 5) is 19.5. The van der Waals surface area contributed by atoms with Crippen molar-refractivity contribution in [3.05, 3.63) is 69.6 Å². The lowest BCUT2D eigenvalue weighted by atomic mass is 10.2. The van der Waals surface area contributed by atoms with Crippen LogP contribution in [0.4, 0.5) is 0 Å². The van der Waals surface area contributed by atoms with Gasteiger partial charge >= 0.3 is 0 Å². The first-order valence-corrected chi connectivity index (χ1v) is 11.5. The second kappa shape index (κ2) is 10.9. The first kappa shape index (κ1) is 22.7. The van der Waals surface area contributed by atoms with E-state index in [0.29, 0.717) is 18.8 Å². The van der Waals surface area contributed by atoms with E-state index in [1.165, 1.54) is 5.56 Å². The monoisotopic (exact) mass is 438 g/mol. The summed E-state index contributed by atoms with van der Waals surface area (Å²) in [6, 6.07) is 11.9. The number of aromatic hydroxyl groups is 1. The summed E-state index contributed by atoms with van der Waals surface area (Å²) < 4.78 is 7.43. The Bertz CT molecular complexity index is 959. The molecule has 2 fully saturated rings. The fourth-order valence-electron chi connectivity index (χ4n) is 4.36. The predicted molar refractivity (Wildman–Crippen MR) is 127 cm³/mol. The Balaban J connectivity index is 1.34. The topological polar surface area (TPSA) is 61.2 Å². The Labute approximate surface area is 190 Å². The molecule has 0 aliphatic carbocycles. The number of nitrogens with zero attached hydrogens (tertiary/aromatic N) is 4. The summed E-state index contributed by atoms with van der Waals surface area (Å²) in [5, 5.41) is 10.5. The molecule has 1 N–H and O–H groups in total. The summed E-state index contributed by atoms with van der Waals surface area (Å²) in [6.45, 7) is 9.18. The van der Waals surface area contributed by atoms with Gasteiger partial charge in [-0.25, -0.2) is 0 Å². The summed E-state index contributed by atoms with van der Waals surface area (Å²) in [5.41, 5.74) is 2.58. The van der Waals surface area contributed by atoms with Crippen LogP contribution in [-0.2, 0) is 24.9 Å². The highest BCUT2D eigenvalue weighted by Gasteiger charge is 2.21. The maximum absolute atomic E-state index is 12.4. The maximum atomic E-state index is 12.4. The number of benzene rings is 1. The number of aromatic nitrogens is 1. The van der Waals surface area contributed by atoms with E-state index in [1.807, 2.05) is 17.7 Å². The van der Waals surface area contributed by atoms with Crippen LogP contribution in [0, 0.1) is 0 Å². The first-order chi connectivity index (χ1) is 15.6. The van der Waals surface area contributed by atoms with Gasteiger partial charge in [-0.05, 0) is 5.56 Å². The van der Waals surface area contributed by atoms with Crippen molar-refractivity contribution in [3.63, 3.8) is 0 Å². The molecule has 2 aliphatic rings. The molecule has 0 unspecified atom stereocenters. The molecule has 2 aliphatic heterocycles. The SMILES string of the molecule is Cn1c(CN2CCOCC2)cc(=O)c(O)c1CN1CCN(C/C=C/c2ccccc2)CC1. The van der Waals surface area contributed by atoms with Gasteiger partial charge in [0.1, 0.15) is 0 Å². The third kappa shape index (κ3) is 5.86. The number of ether oxygens (including phenoxy) is 1. The van der Waals surface area contributed by atoms with Crippen LogP contribution in [-0.4, -0.2) is 83.4 Å². The van der Waals surface area contributed by atoms with Crippen molar-refractivity contribution in [2.75, 3.05) is 59.0 Å². The smallest absolute Gasteiger partial charge is 0.223 e. The lowest BCUT2D eigenvalue weighted by Crippen LogP contribution is -2.46. The van der Waals surface area contributed by atoms with E-state index in [4.69, 9.17) is 4.74 Å². The van der Waals surface area contributed by atoms with E-state index in [2.05, 4.69) is 51.1 Å². The van der Waals surface area contributed by atoms with Gasteiger partial charge in [0.2, 0.25) is 5.43 Å². The molecule has 1 aromatic carbocycles. The molecule has 0 radical (unpaired) electrons. The van der Waals surface area contributed by atoms with E-state index in [1.54, 1.807) is 6.07 Å². The average molecular weight is 439 g/mol. The summed E-state index contributed by atoms with van der Waals surface area (Å²) in [7, 11) is 1.95. The molecule has 1 aromatic heterocycles. The molecule has 7 nitrogen and oxygen atoms in total. The Hall–Kier alpha value is -2.45. The van der Waals surface area contributed by atoms with E-state index in [9.17, 15) is 9.90 Å². The maximum Gasteiger partial charge on any atom is 0.223 e. The fraction of sp³-hybridized carbons (Fsp3) is 0.480. The fourth-order valence-corrected chi connectivity index (χ4v) is 4.36. The lowest BCUT2D eigenvalue weighted by molar-refractivity contribution is 0.0331. The zero-order valence-corrected chi connectivity index (χ0v) is 18.9. The van der Waals surface area contributed by atoms with Crippen LogP contribution in [0.5, 0.6) is 5.75 Å². The first-order valence-electron chi connectivity index (χ1n) is 11.5. The predicted octanol–water partition coefficient (Wildman–Crippen LogP) is 1.75. The molecule has 0 bridgehead atoms. The zero-order valence-electron chi connectivity index (χ0n) is 18.9. The molecular formula is C25H34N4O3. The Morgan fingerprint density at radius 1 is 0.938 bits per heavy atom. The van der Waals surface area contributed by atoms with E-state index < -0.39 is 0 Å². The van der Waals surface area contributed by atoms with Gasteiger partial charge in [0.05, 0.1) is 18.9 Å². The van der Waals surface area contributed by atoms with Crippen molar-refractivity contribution in [1.82, 2.24) is 19.3 Å². The van der Waals surface area contributed by atoms with E-state index in [0.717, 1.165) is 64.7 Å². The molecule has 0 spiro atoms. The van der Waals surface area contributed by atoms with Gasteiger partial charge in [-0.15, -0.1) is 0 Å². The number of hydrogen-bond donors (Lipinski definition) is 1. The summed E-state index contributed by atoms with van der Waals surface area (Å²) in [5.74, 6) is -0.119. The highest BCUT2D eigenvalue weighted by molar-refractivity contribution is 5.48. The van der Waals surface area contributed by atoms with Gasteiger partial charge < -0.3 is 14.4 Å². The minimum atomic E-state index is -0.286. The van der Waals surface area contributed by atoms with Crippen LogP contribution in [0.15, 0.2) is 47.3 Å². The molecule has 0 amide bonds. The number of piperazine rings is 1. The van der Waals surface area contributed by atoms with Crippen molar-refractivity contribution in [2.45, 2.75) is 13.1 Å². The Morgan fingerprint density at radius 2 is 1.59 bits per heavy atom. The van der Waals surface area contributed by atoms with Crippen molar-refractivity contribution >= 4 is 6.08 Å². The van der Waals surface area contributed by atoms with Crippen LogP contribution in [0.25, 0.3) is 6.08 Å². The molecule has 4 rings (SSSR count). The molecular weight excluding hydrogens is 404 g/mol. The molecule has 2 saturated heterocycles. The summed E-state index contributed by atoms with van der Waals surface area (Å²) >= 11 is 0. The zero-order chi connectivity index (χ0) is 22.3. The quantitative estimate of drug-likeness (QED) is 0.711. The molecule has 32 heavy (non-hydrogen) atoms. The number of rotatable bonds is 7. The molecule has 3 heterocycles. The second-order valence-corrected chi connectivity index (χ2v) is 8.63. The standard InChI is InChI=1S/C25H34N4O3/c1-26-22(19-29-14-16-32-17-15-29)18-24(30)25(31)23(26)20-28-12-10-27(11-13-28)9-5-8-21-6-3-2-4-7-21/h2-8,18,31H,9-17,19-20H2,1H3/b8-5+. The molecule has 172 valence electrons. The lowest BCUT2D eigenvalue weighted by Gasteiger charge is -2.35. The largest absolute Gasteiger partial charge is 0.503 e. The van der Waals surface area contributed by atoms with Gasteiger partial charge in [-0.3, -0.25) is 19.5 Å². The third-order valence-electron chi connectivity index (χ3n) is 6.44. The van der Waals surface area contributed by atoms with Crippen LogP contribution < -0.4 is 5.43 Å². The molecule has 0 saturated carbocycles. The van der Waals surface area contributed by atoms with Crippen molar-refractivity contribution in [1.29, 1.82) is 0 Å². The normalized spacial score (nSPS) is 19.0. The van der Waals surface area contributed by atoms with E-state index >= 15 is 0 Å². The van der Waals surface area contributed by atoms with Gasteiger partial charge in [0.15, 0.2) is 5.75 Å². The second-order valence-electron chi connectivity index (χ2n) is 8.63. The highest BCUT2D eigenvalue weighted by Crippen LogP contribution is 2.18. The van der Waals surface area contributed by atoms with Gasteiger partial charge in [-0.1, -0.05) is 42.5 Å². The van der Waals surface area contributed by atoms with Crippen LogP contribution >= 0.6 is 0 Å². The summed E-state index contributed by atoms with van der Waals surface area (Å²) in [6.07, 6.45) is 4.38. The van der Waals surface area contributed by atoms with Crippen molar-refractivity contribution in [2.24, 2.45) is 7.05 Å². The average Bonchev–Trinajstić information content (AvgIpc) is 2.82. The van der Waals surface area contributed by atoms with Crippen LogP contribution in [0.3, 0.4) is 0 Å². The van der Waals surface area contributed by atoms with Gasteiger partial charge in [0, 0.05) is 77.7 Å². The number of pyridine rings is 1. The number of hydrogen-bond acceptors (Lipinski definition) is 6. The molecule has 7 heteroatoms. The highest BCUT2D eigenvalue weighted by atomic mass is 16.5.